The Bertz CT molecular complexity index is 489. The van der Waals surface area contributed by atoms with E-state index in [9.17, 15) is 9.59 Å². The molecule has 2 rings (SSSR count). The predicted octanol–water partition coefficient (Wildman–Crippen LogP) is 2.24. The minimum absolute atomic E-state index is 0.213. The number of hydrogen-bond donors (Lipinski definition) is 2. The molecule has 96 valence electrons. The van der Waals surface area contributed by atoms with Gasteiger partial charge in [0.25, 0.3) is 0 Å². The summed E-state index contributed by atoms with van der Waals surface area (Å²) in [7, 11) is 0. The fraction of sp³-hybridized carbons (Fsp3) is 0.385. The van der Waals surface area contributed by atoms with Gasteiger partial charge in [-0.05, 0) is 25.0 Å². The van der Waals surface area contributed by atoms with E-state index in [0.29, 0.717) is 11.4 Å². The first-order valence-electron chi connectivity index (χ1n) is 5.78. The first-order chi connectivity index (χ1) is 8.50. The van der Waals surface area contributed by atoms with Crippen LogP contribution >= 0.6 is 11.6 Å². The first-order valence-corrected chi connectivity index (χ1v) is 6.16. The number of nitrogens with one attached hydrogen (secondary N) is 1. The van der Waals surface area contributed by atoms with E-state index in [1.54, 1.807) is 6.07 Å². The molecule has 0 aliphatic heterocycles. The minimum Gasteiger partial charge on any atom is -0.481 e. The number of hydrogen-bond acceptors (Lipinski definition) is 2. The van der Waals surface area contributed by atoms with E-state index in [1.165, 1.54) is 0 Å². The second-order valence-corrected chi connectivity index (χ2v) is 4.95. The number of carbonyl (C=O) groups excluding carboxylic acids is 1. The second kappa shape index (κ2) is 4.98. The molecule has 1 aliphatic carbocycles. The van der Waals surface area contributed by atoms with Gasteiger partial charge >= 0.3 is 5.97 Å². The summed E-state index contributed by atoms with van der Waals surface area (Å²) < 4.78 is 0. The van der Waals surface area contributed by atoms with Crippen molar-refractivity contribution in [3.05, 3.63) is 34.9 Å². The van der Waals surface area contributed by atoms with Crippen LogP contribution < -0.4 is 5.32 Å². The SMILES string of the molecule is C[C@@H](NC(=O)C1CC1C(=O)O)c1ccccc1Cl. The van der Waals surface area contributed by atoms with Gasteiger partial charge < -0.3 is 10.4 Å². The number of carboxylic acid groups (broad SMARTS) is 1. The predicted molar refractivity (Wildman–Crippen MR) is 67.2 cm³/mol. The maximum atomic E-state index is 11.8. The van der Waals surface area contributed by atoms with Crippen molar-refractivity contribution in [3.8, 4) is 0 Å². The molecule has 0 aromatic heterocycles. The van der Waals surface area contributed by atoms with Gasteiger partial charge in [0.15, 0.2) is 0 Å². The molecule has 1 amide bonds. The van der Waals surface area contributed by atoms with Gasteiger partial charge in [0.05, 0.1) is 17.9 Å². The average Bonchev–Trinajstić information content (AvgIpc) is 3.09. The molecule has 0 spiro atoms. The summed E-state index contributed by atoms with van der Waals surface area (Å²) in [6, 6.07) is 7.05. The molecule has 2 N–H and O–H groups in total. The molecule has 18 heavy (non-hydrogen) atoms. The van der Waals surface area contributed by atoms with E-state index in [0.717, 1.165) is 5.56 Å². The van der Waals surface area contributed by atoms with E-state index in [1.807, 2.05) is 25.1 Å². The lowest BCUT2D eigenvalue weighted by atomic mass is 10.1. The normalized spacial score (nSPS) is 23.2. The summed E-state index contributed by atoms with van der Waals surface area (Å²) in [5.74, 6) is -2.04. The molecule has 5 heteroatoms. The van der Waals surface area contributed by atoms with Crippen molar-refractivity contribution in [2.75, 3.05) is 0 Å². The number of halogens is 1. The summed E-state index contributed by atoms with van der Waals surface area (Å²) in [5.41, 5.74) is 0.833. The van der Waals surface area contributed by atoms with E-state index < -0.39 is 17.8 Å². The monoisotopic (exact) mass is 267 g/mol. The van der Waals surface area contributed by atoms with Gasteiger partial charge in [0, 0.05) is 5.02 Å². The number of carboxylic acids is 1. The lowest BCUT2D eigenvalue weighted by Crippen LogP contribution is -2.29. The average molecular weight is 268 g/mol. The van der Waals surface area contributed by atoms with Gasteiger partial charge in [-0.1, -0.05) is 29.8 Å². The van der Waals surface area contributed by atoms with Crippen molar-refractivity contribution in [2.45, 2.75) is 19.4 Å². The number of rotatable bonds is 4. The van der Waals surface area contributed by atoms with E-state index in [4.69, 9.17) is 16.7 Å². The zero-order chi connectivity index (χ0) is 13.3. The molecule has 3 atom stereocenters. The van der Waals surface area contributed by atoms with E-state index in [-0.39, 0.29) is 11.9 Å². The van der Waals surface area contributed by atoms with Gasteiger partial charge in [-0.2, -0.15) is 0 Å². The van der Waals surface area contributed by atoms with Crippen molar-refractivity contribution in [2.24, 2.45) is 11.8 Å². The Hall–Kier alpha value is -1.55. The van der Waals surface area contributed by atoms with Crippen LogP contribution in [0.3, 0.4) is 0 Å². The third-order valence-electron chi connectivity index (χ3n) is 3.17. The van der Waals surface area contributed by atoms with Crippen LogP contribution in [0.1, 0.15) is 24.9 Å². The van der Waals surface area contributed by atoms with Crippen LogP contribution in [0.5, 0.6) is 0 Å². The largest absolute Gasteiger partial charge is 0.481 e. The highest BCUT2D eigenvalue weighted by Gasteiger charge is 2.48. The number of carbonyl (C=O) groups is 2. The van der Waals surface area contributed by atoms with Crippen molar-refractivity contribution < 1.29 is 14.7 Å². The Labute approximate surface area is 110 Å². The molecule has 0 saturated heterocycles. The molecule has 4 nitrogen and oxygen atoms in total. The molecule has 1 aromatic rings. The zero-order valence-corrected chi connectivity index (χ0v) is 10.6. The summed E-state index contributed by atoms with van der Waals surface area (Å²) in [5, 5.41) is 12.2. The van der Waals surface area contributed by atoms with Crippen LogP contribution in [-0.2, 0) is 9.59 Å². The van der Waals surface area contributed by atoms with Gasteiger partial charge in [-0.3, -0.25) is 9.59 Å². The fourth-order valence-electron chi connectivity index (χ4n) is 1.98. The number of benzene rings is 1. The zero-order valence-electron chi connectivity index (χ0n) is 9.89. The molecule has 1 fully saturated rings. The van der Waals surface area contributed by atoms with Gasteiger partial charge in [0.2, 0.25) is 5.91 Å². The van der Waals surface area contributed by atoms with Crippen LogP contribution in [0.15, 0.2) is 24.3 Å². The van der Waals surface area contributed by atoms with Crippen LogP contribution in [-0.4, -0.2) is 17.0 Å². The summed E-state index contributed by atoms with van der Waals surface area (Å²) in [4.78, 5) is 22.5. The van der Waals surface area contributed by atoms with Gasteiger partial charge in [-0.15, -0.1) is 0 Å². The quantitative estimate of drug-likeness (QED) is 0.879. The smallest absolute Gasteiger partial charge is 0.307 e. The Balaban J connectivity index is 1.97. The molecule has 1 aromatic carbocycles. The molecule has 0 bridgehead atoms. The highest BCUT2D eigenvalue weighted by molar-refractivity contribution is 6.31. The first kappa shape index (κ1) is 12.9. The molecular weight excluding hydrogens is 254 g/mol. The van der Waals surface area contributed by atoms with Crippen molar-refractivity contribution in [1.29, 1.82) is 0 Å². The van der Waals surface area contributed by atoms with Gasteiger partial charge in [-0.25, -0.2) is 0 Å². The highest BCUT2D eigenvalue weighted by atomic mass is 35.5. The fourth-order valence-corrected chi connectivity index (χ4v) is 2.28. The lowest BCUT2D eigenvalue weighted by Gasteiger charge is -2.15. The van der Waals surface area contributed by atoms with E-state index in [2.05, 4.69) is 5.32 Å². The Morgan fingerprint density at radius 1 is 1.39 bits per heavy atom. The lowest BCUT2D eigenvalue weighted by molar-refractivity contribution is -0.140. The van der Waals surface area contributed by atoms with Crippen LogP contribution in [0.4, 0.5) is 0 Å². The van der Waals surface area contributed by atoms with Crippen molar-refractivity contribution in [1.82, 2.24) is 5.32 Å². The number of aliphatic carboxylic acids is 1. The standard InChI is InChI=1S/C13H14ClNO3/c1-7(8-4-2-3-5-11(8)14)15-12(16)9-6-10(9)13(17)18/h2-5,7,9-10H,6H2,1H3,(H,15,16)(H,17,18)/t7-,9?,10?/m1/s1. The maximum absolute atomic E-state index is 11.8. The Morgan fingerprint density at radius 3 is 2.61 bits per heavy atom. The Morgan fingerprint density at radius 2 is 2.06 bits per heavy atom. The number of amides is 1. The van der Waals surface area contributed by atoms with Crippen molar-refractivity contribution >= 4 is 23.5 Å². The molecule has 2 unspecified atom stereocenters. The summed E-state index contributed by atoms with van der Waals surface area (Å²) in [6.07, 6.45) is 0.427. The topological polar surface area (TPSA) is 66.4 Å². The third kappa shape index (κ3) is 2.64. The Kier molecular flexibility index (Phi) is 3.57. The molecule has 1 aliphatic rings. The summed E-state index contributed by atoms with van der Waals surface area (Å²) in [6.45, 7) is 1.83. The highest BCUT2D eigenvalue weighted by Crippen LogP contribution is 2.39. The van der Waals surface area contributed by atoms with Crippen LogP contribution in [0.2, 0.25) is 5.02 Å². The molecule has 0 radical (unpaired) electrons. The third-order valence-corrected chi connectivity index (χ3v) is 3.52. The second-order valence-electron chi connectivity index (χ2n) is 4.54. The molecule has 0 heterocycles. The molecule has 1 saturated carbocycles. The van der Waals surface area contributed by atoms with E-state index >= 15 is 0 Å². The van der Waals surface area contributed by atoms with Crippen LogP contribution in [0.25, 0.3) is 0 Å². The summed E-state index contributed by atoms with van der Waals surface area (Å²) >= 11 is 6.03. The molecular formula is C13H14ClNO3. The minimum atomic E-state index is -0.902. The van der Waals surface area contributed by atoms with Crippen LogP contribution in [0, 0.1) is 11.8 Å². The van der Waals surface area contributed by atoms with Crippen molar-refractivity contribution in [3.63, 3.8) is 0 Å². The maximum Gasteiger partial charge on any atom is 0.307 e. The van der Waals surface area contributed by atoms with Gasteiger partial charge in [0.1, 0.15) is 0 Å².